The molecular formula is C19H18N2O4S. The second kappa shape index (κ2) is 6.86. The van der Waals surface area contributed by atoms with Gasteiger partial charge in [0.05, 0.1) is 5.69 Å². The summed E-state index contributed by atoms with van der Waals surface area (Å²) in [4.78, 5) is -0.322. The maximum absolute atomic E-state index is 11.7. The van der Waals surface area contributed by atoms with Crippen molar-refractivity contribution in [1.82, 2.24) is 0 Å². The van der Waals surface area contributed by atoms with Gasteiger partial charge in [-0.15, -0.1) is 5.11 Å². The Balaban J connectivity index is 2.19. The Bertz CT molecular complexity index is 1110. The maximum atomic E-state index is 11.7. The average Bonchev–Trinajstić information content (AvgIpc) is 2.60. The van der Waals surface area contributed by atoms with Gasteiger partial charge in [0, 0.05) is 10.8 Å². The summed E-state index contributed by atoms with van der Waals surface area (Å²) in [5.74, 6) is 0.0301. The van der Waals surface area contributed by atoms with Crippen molar-refractivity contribution in [3.8, 4) is 5.75 Å². The van der Waals surface area contributed by atoms with Gasteiger partial charge in [-0.3, -0.25) is 4.55 Å². The molecule has 0 aliphatic carbocycles. The summed E-state index contributed by atoms with van der Waals surface area (Å²) in [6, 6.07) is 14.9. The fourth-order valence-corrected chi connectivity index (χ4v) is 3.49. The highest BCUT2D eigenvalue weighted by Gasteiger charge is 2.19. The van der Waals surface area contributed by atoms with Crippen molar-refractivity contribution in [2.75, 3.05) is 0 Å². The quantitative estimate of drug-likeness (QED) is 0.479. The topological polar surface area (TPSA) is 99.3 Å². The molecule has 0 spiro atoms. The van der Waals surface area contributed by atoms with Gasteiger partial charge in [0.1, 0.15) is 10.6 Å². The molecule has 0 aliphatic heterocycles. The van der Waals surface area contributed by atoms with Crippen molar-refractivity contribution >= 4 is 32.3 Å². The van der Waals surface area contributed by atoms with Crippen LogP contribution in [0, 0.1) is 0 Å². The molecule has 0 radical (unpaired) electrons. The van der Waals surface area contributed by atoms with Crippen LogP contribution in [0.1, 0.15) is 25.3 Å². The Morgan fingerprint density at radius 2 is 1.46 bits per heavy atom. The predicted octanol–water partition coefficient (Wildman–Crippen LogP) is 5.33. The van der Waals surface area contributed by atoms with E-state index in [1.54, 1.807) is 24.3 Å². The van der Waals surface area contributed by atoms with Crippen molar-refractivity contribution < 1.29 is 18.1 Å². The van der Waals surface area contributed by atoms with E-state index in [1.807, 2.05) is 32.0 Å². The summed E-state index contributed by atoms with van der Waals surface area (Å²) < 4.78 is 33.0. The zero-order valence-electron chi connectivity index (χ0n) is 14.3. The summed E-state index contributed by atoms with van der Waals surface area (Å²) in [5.41, 5.74) is 1.57. The molecule has 6 nitrogen and oxygen atoms in total. The first kappa shape index (κ1) is 18.0. The fourth-order valence-electron chi connectivity index (χ4n) is 2.78. The highest BCUT2D eigenvalue weighted by Crippen LogP contribution is 2.40. The number of nitrogens with zero attached hydrogens (tertiary/aromatic N) is 2. The molecule has 3 aromatic carbocycles. The van der Waals surface area contributed by atoms with Gasteiger partial charge in [0.2, 0.25) is 0 Å². The highest BCUT2D eigenvalue weighted by atomic mass is 32.2. The molecule has 134 valence electrons. The molecule has 2 N–H and O–H groups in total. The van der Waals surface area contributed by atoms with Crippen LogP contribution < -0.4 is 0 Å². The van der Waals surface area contributed by atoms with Crippen LogP contribution in [-0.4, -0.2) is 18.1 Å². The smallest absolute Gasteiger partial charge is 0.295 e. The van der Waals surface area contributed by atoms with Crippen molar-refractivity contribution in [3.05, 3.63) is 60.2 Å². The summed E-state index contributed by atoms with van der Waals surface area (Å²) >= 11 is 0. The molecule has 0 unspecified atom stereocenters. The molecular weight excluding hydrogens is 352 g/mol. The Morgan fingerprint density at radius 3 is 2.12 bits per heavy atom. The number of rotatable bonds is 4. The van der Waals surface area contributed by atoms with Crippen LogP contribution in [-0.2, 0) is 10.1 Å². The van der Waals surface area contributed by atoms with Crippen LogP contribution in [0.15, 0.2) is 69.7 Å². The van der Waals surface area contributed by atoms with Crippen molar-refractivity contribution in [3.63, 3.8) is 0 Å². The Kier molecular flexibility index (Phi) is 4.76. The Labute approximate surface area is 151 Å². The normalized spacial score (nSPS) is 12.3. The van der Waals surface area contributed by atoms with E-state index >= 15 is 0 Å². The molecule has 0 fully saturated rings. The molecule has 0 bridgehead atoms. The zero-order valence-corrected chi connectivity index (χ0v) is 15.1. The van der Waals surface area contributed by atoms with E-state index in [2.05, 4.69) is 10.2 Å². The number of benzene rings is 3. The van der Waals surface area contributed by atoms with Gasteiger partial charge in [-0.25, -0.2) is 0 Å². The minimum Gasteiger partial charge on any atom is -0.505 e. The van der Waals surface area contributed by atoms with Crippen molar-refractivity contribution in [1.29, 1.82) is 0 Å². The minimum absolute atomic E-state index is 0.0325. The monoisotopic (exact) mass is 370 g/mol. The van der Waals surface area contributed by atoms with E-state index in [1.165, 1.54) is 6.07 Å². The molecule has 0 saturated carbocycles. The molecule has 3 rings (SSSR count). The van der Waals surface area contributed by atoms with E-state index in [0.29, 0.717) is 5.69 Å². The van der Waals surface area contributed by atoms with Crippen molar-refractivity contribution in [2.24, 2.45) is 10.2 Å². The van der Waals surface area contributed by atoms with E-state index in [-0.39, 0.29) is 33.0 Å². The predicted molar refractivity (Wildman–Crippen MR) is 100 cm³/mol. The van der Waals surface area contributed by atoms with Crippen LogP contribution >= 0.6 is 0 Å². The number of fused-ring (bicyclic) bond motifs is 1. The molecule has 0 aromatic heterocycles. The first-order valence-corrected chi connectivity index (χ1v) is 9.46. The summed E-state index contributed by atoms with van der Waals surface area (Å²) in [6.45, 7) is 4.05. The SMILES string of the molecule is CC(C)c1ccccc1N=Nc1cc(S(=O)(=O)O)c2ccccc2c1O. The molecule has 0 saturated heterocycles. The van der Waals surface area contributed by atoms with Crippen LogP contribution in [0.4, 0.5) is 11.4 Å². The van der Waals surface area contributed by atoms with Crippen LogP contribution in [0.25, 0.3) is 10.8 Å². The number of azo groups is 1. The van der Waals surface area contributed by atoms with Crippen LogP contribution in [0.5, 0.6) is 5.75 Å². The fraction of sp³-hybridized carbons (Fsp3) is 0.158. The number of phenolic OH excluding ortho intramolecular Hbond substituents is 1. The van der Waals surface area contributed by atoms with Gasteiger partial charge >= 0.3 is 0 Å². The largest absolute Gasteiger partial charge is 0.505 e. The minimum atomic E-state index is -4.49. The molecule has 3 aromatic rings. The molecule has 7 heteroatoms. The van der Waals surface area contributed by atoms with E-state index in [9.17, 15) is 18.1 Å². The maximum Gasteiger partial charge on any atom is 0.295 e. The molecule has 0 heterocycles. The lowest BCUT2D eigenvalue weighted by molar-refractivity contribution is 0.480. The third-order valence-electron chi connectivity index (χ3n) is 4.06. The summed E-state index contributed by atoms with van der Waals surface area (Å²) in [5, 5.41) is 19.2. The zero-order chi connectivity index (χ0) is 18.9. The number of aromatic hydroxyl groups is 1. The van der Waals surface area contributed by atoms with Crippen LogP contribution in [0.3, 0.4) is 0 Å². The lowest BCUT2D eigenvalue weighted by atomic mass is 10.0. The number of phenols is 1. The lowest BCUT2D eigenvalue weighted by Crippen LogP contribution is -1.99. The first-order valence-electron chi connectivity index (χ1n) is 8.02. The number of hydrogen-bond acceptors (Lipinski definition) is 5. The summed E-state index contributed by atoms with van der Waals surface area (Å²) in [7, 11) is -4.49. The van der Waals surface area contributed by atoms with E-state index in [0.717, 1.165) is 11.6 Å². The highest BCUT2D eigenvalue weighted by molar-refractivity contribution is 7.86. The van der Waals surface area contributed by atoms with Gasteiger partial charge in [0.15, 0.2) is 5.75 Å². The second-order valence-corrected chi connectivity index (χ2v) is 7.57. The standard InChI is InChI=1S/C19H18N2O4S/c1-12(2)13-7-5-6-10-16(13)20-21-17-11-18(26(23,24)25)14-8-3-4-9-15(14)19(17)22/h3-12,22H,1-2H3,(H,23,24,25). The van der Waals surface area contributed by atoms with Crippen molar-refractivity contribution in [2.45, 2.75) is 24.7 Å². The van der Waals surface area contributed by atoms with Crippen LogP contribution in [0.2, 0.25) is 0 Å². The molecule has 26 heavy (non-hydrogen) atoms. The molecule has 0 aliphatic rings. The Morgan fingerprint density at radius 1 is 0.885 bits per heavy atom. The van der Waals surface area contributed by atoms with Gasteiger partial charge in [-0.05, 0) is 23.6 Å². The second-order valence-electron chi connectivity index (χ2n) is 6.18. The number of hydrogen-bond donors (Lipinski definition) is 2. The van der Waals surface area contributed by atoms with Gasteiger partial charge in [-0.1, -0.05) is 56.3 Å². The van der Waals surface area contributed by atoms with Gasteiger partial charge in [0.25, 0.3) is 10.1 Å². The van der Waals surface area contributed by atoms with E-state index < -0.39 is 10.1 Å². The van der Waals surface area contributed by atoms with E-state index in [4.69, 9.17) is 0 Å². The molecule has 0 atom stereocenters. The molecule has 0 amide bonds. The first-order chi connectivity index (χ1) is 12.3. The Hall–Kier alpha value is -2.77. The third-order valence-corrected chi connectivity index (χ3v) is 4.95. The van der Waals surface area contributed by atoms with Gasteiger partial charge in [-0.2, -0.15) is 13.5 Å². The summed E-state index contributed by atoms with van der Waals surface area (Å²) in [6.07, 6.45) is 0. The average molecular weight is 370 g/mol. The lowest BCUT2D eigenvalue weighted by Gasteiger charge is -2.09. The third kappa shape index (κ3) is 3.44. The van der Waals surface area contributed by atoms with Gasteiger partial charge < -0.3 is 5.11 Å².